The maximum atomic E-state index is 8.33. The zero-order chi connectivity index (χ0) is 79.7. The third-order valence-corrected chi connectivity index (χ3v) is 26.2. The molecule has 14 aromatic carbocycles. The van der Waals surface area contributed by atoms with E-state index < -0.39 is 5.41 Å². The molecule has 14 aromatic rings. The van der Waals surface area contributed by atoms with Gasteiger partial charge in [0, 0.05) is 62.7 Å². The van der Waals surface area contributed by atoms with Crippen LogP contribution in [-0.2, 0) is 37.9 Å². The highest BCUT2D eigenvalue weighted by atomic mass is 16.5. The van der Waals surface area contributed by atoms with Crippen LogP contribution in [0.3, 0.4) is 0 Å². The molecule has 4 nitrogen and oxygen atoms in total. The molecule has 0 N–H and O–H groups in total. The van der Waals surface area contributed by atoms with Crippen molar-refractivity contribution in [3.63, 3.8) is 0 Å². The van der Waals surface area contributed by atoms with Crippen molar-refractivity contribution in [1.29, 1.82) is 0 Å². The first-order valence-corrected chi connectivity index (χ1v) is 41.7. The van der Waals surface area contributed by atoms with Gasteiger partial charge in [-0.25, -0.2) is 0 Å². The molecule has 115 heavy (non-hydrogen) atoms. The van der Waals surface area contributed by atoms with E-state index in [1.165, 1.54) is 139 Å². The first kappa shape index (κ1) is 72.4. The fourth-order valence-corrected chi connectivity index (χ4v) is 20.1. The lowest BCUT2D eigenvalue weighted by molar-refractivity contribution is 0.488. The number of anilines is 9. The van der Waals surface area contributed by atoms with Gasteiger partial charge < -0.3 is 19.4 Å². The fraction of sp³-hybridized carbons (Fsp3) is 0.229. The zero-order valence-corrected chi connectivity index (χ0v) is 70.0. The first-order valence-electron chi connectivity index (χ1n) is 41.7. The summed E-state index contributed by atoms with van der Waals surface area (Å²) in [7, 11) is 0. The van der Waals surface area contributed by atoms with Crippen LogP contribution in [0.1, 0.15) is 180 Å². The number of ether oxygens (including phenoxy) is 1. The molecule has 0 radical (unpaired) electrons. The molecule has 564 valence electrons. The summed E-state index contributed by atoms with van der Waals surface area (Å²) < 4.78 is 8.33. The fourth-order valence-electron chi connectivity index (χ4n) is 20.1. The number of benzene rings is 14. The average molecular weight is 1490 g/mol. The Hall–Kier alpha value is -11.6. The Morgan fingerprint density at radius 1 is 0.243 bits per heavy atom. The Kier molecular flexibility index (Phi) is 15.9. The third kappa shape index (κ3) is 11.1. The van der Waals surface area contributed by atoms with E-state index in [9.17, 15) is 0 Å². The van der Waals surface area contributed by atoms with Crippen LogP contribution in [-0.4, -0.2) is 13.4 Å². The normalized spacial score (nSPS) is 14.6. The molecule has 0 saturated heterocycles. The molecule has 2 aliphatic carbocycles. The SMILES string of the molecule is CC(C)(C)c1cc(N2c3ccccc3B3c4cc5c(cc4N(c4cc(C(C)(C)C)cc(C(C)(C)C)c4)c4cc(C(C)(C)C)cc2c43)Oc2cc(-c3cccc4c3C3(c6ccccc6-c6ccccc63)c3ccccc3-4)cc3c2B5c2ccccc2N3c2c(-c3ccccc3)cc(C(C)(C)C)cc2-c2ccccc2)cc(C(C)(C)C)c1. The highest BCUT2D eigenvalue weighted by Gasteiger charge is 2.54. The minimum atomic E-state index is -0.627. The molecule has 20 rings (SSSR count). The molecular formula is C109H101B2N3O. The molecular weight excluding hydrogens is 1390 g/mol. The van der Waals surface area contributed by atoms with Gasteiger partial charge in [-0.2, -0.15) is 0 Å². The van der Waals surface area contributed by atoms with Crippen molar-refractivity contribution in [3.8, 4) is 67.1 Å². The lowest BCUT2D eigenvalue weighted by atomic mass is 9.30. The van der Waals surface area contributed by atoms with Crippen molar-refractivity contribution in [2.75, 3.05) is 14.7 Å². The molecule has 0 atom stereocenters. The van der Waals surface area contributed by atoms with Crippen LogP contribution in [0.15, 0.2) is 285 Å². The van der Waals surface area contributed by atoms with Crippen molar-refractivity contribution in [3.05, 3.63) is 341 Å². The van der Waals surface area contributed by atoms with E-state index in [1.807, 2.05) is 0 Å². The average Bonchev–Trinajstić information content (AvgIpc) is 1.56. The van der Waals surface area contributed by atoms with Crippen molar-refractivity contribution in [2.45, 2.75) is 163 Å². The van der Waals surface area contributed by atoms with E-state index in [1.54, 1.807) is 0 Å². The van der Waals surface area contributed by atoms with Gasteiger partial charge in [0.05, 0.1) is 11.1 Å². The van der Waals surface area contributed by atoms with Gasteiger partial charge in [0.25, 0.3) is 13.4 Å². The van der Waals surface area contributed by atoms with Gasteiger partial charge in [0.15, 0.2) is 0 Å². The number of hydrogen-bond acceptors (Lipinski definition) is 4. The third-order valence-electron chi connectivity index (χ3n) is 26.2. The van der Waals surface area contributed by atoms with Crippen LogP contribution in [0.4, 0.5) is 51.2 Å². The summed E-state index contributed by atoms with van der Waals surface area (Å²) in [6.07, 6.45) is 0. The largest absolute Gasteiger partial charge is 0.458 e. The topological polar surface area (TPSA) is 19.0 Å². The molecule has 0 amide bonds. The van der Waals surface area contributed by atoms with E-state index in [2.05, 4.69) is 424 Å². The lowest BCUT2D eigenvalue weighted by Gasteiger charge is -2.46. The van der Waals surface area contributed by atoms with E-state index >= 15 is 0 Å². The molecule has 0 saturated carbocycles. The number of rotatable bonds is 6. The van der Waals surface area contributed by atoms with Gasteiger partial charge in [-0.15, -0.1) is 0 Å². The molecule has 0 fully saturated rings. The van der Waals surface area contributed by atoms with Gasteiger partial charge in [0.2, 0.25) is 0 Å². The second-order valence-electron chi connectivity index (χ2n) is 39.7. The van der Waals surface area contributed by atoms with E-state index in [4.69, 9.17) is 4.74 Å². The second kappa shape index (κ2) is 25.2. The molecule has 0 bridgehead atoms. The van der Waals surface area contributed by atoms with Gasteiger partial charge >= 0.3 is 0 Å². The zero-order valence-electron chi connectivity index (χ0n) is 70.0. The summed E-state index contributed by atoms with van der Waals surface area (Å²) in [6, 6.07) is 111. The summed E-state index contributed by atoms with van der Waals surface area (Å²) in [4.78, 5) is 8.00. The van der Waals surface area contributed by atoms with Crippen LogP contribution >= 0.6 is 0 Å². The van der Waals surface area contributed by atoms with Crippen molar-refractivity contribution < 1.29 is 4.74 Å². The highest BCUT2D eigenvalue weighted by Crippen LogP contribution is 2.65. The summed E-state index contributed by atoms with van der Waals surface area (Å²) in [5, 5.41) is 0. The standard InChI is InChI=1S/C109H101B2N3O/c1-103(2,3)69-54-70(104(4,5)6)57-75(56-69)112-91-50-33-31-48-87(91)110-89-64-90-97(65-93(89)113(96-63-74(108(16,17)18)62-95(112)100(96)110)76-58-71(105(7,8)9)55-72(59-76)106(10,11)12)115-98-53-68(77-43-35-44-81-80-42-27-30-47-86(80)109(99(77)81)84-45-28-25-40-78(84)79-41-26-29-46-85(79)109)52-94-101(98)111(90)88-49-32-34-51-92(88)114(94)102-82(66-36-21-19-22-37-66)60-73(107(13,14)15)61-83(102)67-38-23-20-24-39-67/h19-65H,1-18H3. The monoisotopic (exact) mass is 1490 g/mol. The number of nitrogens with zero attached hydrogens (tertiary/aromatic N) is 3. The van der Waals surface area contributed by atoms with E-state index in [0.717, 1.165) is 67.6 Å². The van der Waals surface area contributed by atoms with Crippen molar-refractivity contribution in [2.24, 2.45) is 0 Å². The lowest BCUT2D eigenvalue weighted by Crippen LogP contribution is -2.64. The van der Waals surface area contributed by atoms with Crippen LogP contribution < -0.4 is 52.2 Å². The van der Waals surface area contributed by atoms with Gasteiger partial charge in [-0.1, -0.05) is 331 Å². The Labute approximate surface area is 682 Å². The number of hydrogen-bond donors (Lipinski definition) is 0. The summed E-state index contributed by atoms with van der Waals surface area (Å²) in [5.74, 6) is 1.71. The van der Waals surface area contributed by atoms with Crippen LogP contribution in [0.5, 0.6) is 11.5 Å². The maximum absolute atomic E-state index is 8.33. The Morgan fingerprint density at radius 3 is 1.10 bits per heavy atom. The highest BCUT2D eigenvalue weighted by molar-refractivity contribution is 7.02. The van der Waals surface area contributed by atoms with Crippen LogP contribution in [0.2, 0.25) is 0 Å². The molecule has 4 aliphatic heterocycles. The minimum Gasteiger partial charge on any atom is -0.458 e. The molecule has 0 unspecified atom stereocenters. The van der Waals surface area contributed by atoms with E-state index in [-0.39, 0.29) is 45.9 Å². The van der Waals surface area contributed by atoms with Crippen molar-refractivity contribution in [1.82, 2.24) is 0 Å². The first-order chi connectivity index (χ1) is 54.8. The second-order valence-corrected chi connectivity index (χ2v) is 39.7. The molecule has 0 aromatic heterocycles. The predicted octanol–water partition coefficient (Wildman–Crippen LogP) is 25.3. The van der Waals surface area contributed by atoms with E-state index in [0.29, 0.717) is 0 Å². The molecule has 6 heteroatoms. The van der Waals surface area contributed by atoms with Crippen LogP contribution in [0.25, 0.3) is 55.6 Å². The Balaban J connectivity index is 0.912. The summed E-state index contributed by atoms with van der Waals surface area (Å²) in [6.45, 7) is 42.2. The number of fused-ring (bicyclic) bond motifs is 18. The number of para-hydroxylation sites is 2. The van der Waals surface area contributed by atoms with Crippen LogP contribution in [0, 0.1) is 0 Å². The van der Waals surface area contributed by atoms with Gasteiger partial charge in [0.1, 0.15) is 11.5 Å². The Morgan fingerprint density at radius 2 is 0.617 bits per heavy atom. The quantitative estimate of drug-likeness (QED) is 0.154. The van der Waals surface area contributed by atoms with Crippen molar-refractivity contribution >= 4 is 97.4 Å². The Bertz CT molecular complexity index is 6230. The van der Waals surface area contributed by atoms with Gasteiger partial charge in [-0.3, -0.25) is 0 Å². The molecule has 4 heterocycles. The minimum absolute atomic E-state index is 0.118. The molecule has 6 aliphatic rings. The maximum Gasteiger partial charge on any atom is 0.256 e. The smallest absolute Gasteiger partial charge is 0.256 e. The predicted molar refractivity (Wildman–Crippen MR) is 491 cm³/mol. The summed E-state index contributed by atoms with van der Waals surface area (Å²) in [5.41, 5.74) is 41.1. The summed E-state index contributed by atoms with van der Waals surface area (Å²) >= 11 is 0. The molecule has 1 spiro atoms. The van der Waals surface area contributed by atoms with Gasteiger partial charge in [-0.05, 0) is 238 Å².